The van der Waals surface area contributed by atoms with E-state index in [0.29, 0.717) is 5.41 Å². The van der Waals surface area contributed by atoms with Crippen LogP contribution in [0.25, 0.3) is 0 Å². The van der Waals surface area contributed by atoms with Gasteiger partial charge in [0.15, 0.2) is 0 Å². The number of hydrogen-bond acceptors (Lipinski definition) is 0. The van der Waals surface area contributed by atoms with Crippen molar-refractivity contribution in [2.24, 2.45) is 11.3 Å². The molecule has 0 aliphatic heterocycles. The minimum atomic E-state index is 0.432. The number of nitrogens with zero attached hydrogens (tertiary/aromatic N) is 2. The first-order valence-electron chi connectivity index (χ1n) is 8.97. The first kappa shape index (κ1) is 20.9. The predicted octanol–water partition coefficient (Wildman–Crippen LogP) is 4.40. The van der Waals surface area contributed by atoms with Crippen LogP contribution in [0.5, 0.6) is 0 Å². The zero-order valence-corrected chi connectivity index (χ0v) is 16.6. The maximum absolute atomic E-state index is 2.38. The number of quaternary nitrogens is 2. The lowest BCUT2D eigenvalue weighted by atomic mass is 9.95. The van der Waals surface area contributed by atoms with E-state index in [1.54, 1.807) is 0 Å². The quantitative estimate of drug-likeness (QED) is 0.414. The third-order valence-corrected chi connectivity index (χ3v) is 4.04. The topological polar surface area (TPSA) is 0 Å². The molecule has 0 fully saturated rings. The molecule has 2 heteroatoms. The van der Waals surface area contributed by atoms with E-state index in [0.717, 1.165) is 5.92 Å². The van der Waals surface area contributed by atoms with Crippen molar-refractivity contribution in [1.82, 2.24) is 0 Å². The first-order chi connectivity index (χ1) is 9.33. The van der Waals surface area contributed by atoms with Gasteiger partial charge in [-0.2, -0.15) is 0 Å². The number of hydrogen-bond donors (Lipinski definition) is 0. The lowest BCUT2D eigenvalue weighted by Crippen LogP contribution is -2.46. The van der Waals surface area contributed by atoms with Crippen molar-refractivity contribution >= 4 is 0 Å². The van der Waals surface area contributed by atoms with E-state index < -0.39 is 0 Å². The molecule has 0 aromatic rings. The van der Waals surface area contributed by atoms with E-state index in [4.69, 9.17) is 0 Å². The molecule has 0 heterocycles. The van der Waals surface area contributed by atoms with Crippen LogP contribution in [0, 0.1) is 11.3 Å². The molecule has 0 N–H and O–H groups in total. The Morgan fingerprint density at radius 2 is 1.14 bits per heavy atom. The van der Waals surface area contributed by atoms with Crippen molar-refractivity contribution in [3.8, 4) is 0 Å². The van der Waals surface area contributed by atoms with Gasteiger partial charge in [0.05, 0.1) is 54.4 Å². The monoisotopic (exact) mass is 300 g/mol. The highest BCUT2D eigenvalue weighted by Gasteiger charge is 2.23. The molecule has 0 saturated carbocycles. The highest BCUT2D eigenvalue weighted by molar-refractivity contribution is 4.59. The second kappa shape index (κ2) is 8.53. The highest BCUT2D eigenvalue weighted by atomic mass is 15.3. The summed E-state index contributed by atoms with van der Waals surface area (Å²) in [4.78, 5) is 0. The third kappa shape index (κ3) is 13.3. The molecule has 0 rings (SSSR count). The van der Waals surface area contributed by atoms with E-state index in [1.807, 2.05) is 0 Å². The van der Waals surface area contributed by atoms with Crippen molar-refractivity contribution in [2.45, 2.75) is 60.3 Å². The van der Waals surface area contributed by atoms with Gasteiger partial charge in [0.25, 0.3) is 0 Å². The van der Waals surface area contributed by atoms with Crippen LogP contribution in [0.2, 0.25) is 0 Å². The molecule has 0 unspecified atom stereocenters. The Balaban J connectivity index is 3.78. The Morgan fingerprint density at radius 1 is 0.714 bits per heavy atom. The van der Waals surface area contributed by atoms with Crippen molar-refractivity contribution in [2.75, 3.05) is 54.4 Å². The van der Waals surface area contributed by atoms with Gasteiger partial charge in [0.1, 0.15) is 0 Å². The smallest absolute Gasteiger partial charge is 0.0831 e. The van der Waals surface area contributed by atoms with Gasteiger partial charge in [-0.05, 0) is 25.7 Å². The molecule has 0 aliphatic carbocycles. The Morgan fingerprint density at radius 3 is 1.52 bits per heavy atom. The molecule has 0 radical (unpaired) electrons. The molecule has 0 aromatic heterocycles. The van der Waals surface area contributed by atoms with E-state index in [-0.39, 0.29) is 0 Å². The van der Waals surface area contributed by atoms with E-state index in [2.05, 4.69) is 62.8 Å². The summed E-state index contributed by atoms with van der Waals surface area (Å²) in [7, 11) is 9.52. The van der Waals surface area contributed by atoms with E-state index >= 15 is 0 Å². The standard InChI is InChI=1S/C19H44N2/c1-18(2)16-20(6,7)14-12-10-11-13-15-21(8,9)17-19(3,4)5/h18H,10-17H2,1-9H3/q+2. The molecule has 128 valence electrons. The Labute approximate surface area is 135 Å². The van der Waals surface area contributed by atoms with Gasteiger partial charge < -0.3 is 8.97 Å². The minimum absolute atomic E-state index is 0.432. The number of rotatable bonds is 10. The van der Waals surface area contributed by atoms with Crippen LogP contribution in [0.1, 0.15) is 60.3 Å². The van der Waals surface area contributed by atoms with Crippen LogP contribution in [0.15, 0.2) is 0 Å². The lowest BCUT2D eigenvalue weighted by Gasteiger charge is -2.36. The molecule has 21 heavy (non-hydrogen) atoms. The molecular weight excluding hydrogens is 256 g/mol. The summed E-state index contributed by atoms with van der Waals surface area (Å²) in [6, 6.07) is 0. The van der Waals surface area contributed by atoms with Crippen molar-refractivity contribution < 1.29 is 8.97 Å². The second-order valence-electron chi connectivity index (χ2n) is 10.0. The van der Waals surface area contributed by atoms with Crippen molar-refractivity contribution in [3.63, 3.8) is 0 Å². The number of unbranched alkanes of at least 4 members (excludes halogenated alkanes) is 3. The molecule has 0 bridgehead atoms. The Kier molecular flexibility index (Phi) is 8.49. The van der Waals surface area contributed by atoms with E-state index in [9.17, 15) is 0 Å². The van der Waals surface area contributed by atoms with Gasteiger partial charge >= 0.3 is 0 Å². The maximum Gasteiger partial charge on any atom is 0.0831 e. The molecule has 0 atom stereocenters. The summed E-state index contributed by atoms with van der Waals surface area (Å²) < 4.78 is 2.35. The maximum atomic E-state index is 2.38. The lowest BCUT2D eigenvalue weighted by molar-refractivity contribution is -0.896. The normalized spacial score (nSPS) is 14.0. The summed E-state index contributed by atoms with van der Waals surface area (Å²) in [6.07, 6.45) is 5.55. The van der Waals surface area contributed by atoms with Crippen LogP contribution < -0.4 is 0 Å². The zero-order chi connectivity index (χ0) is 16.7. The van der Waals surface area contributed by atoms with Crippen LogP contribution in [0.4, 0.5) is 0 Å². The minimum Gasteiger partial charge on any atom is -0.328 e. The van der Waals surface area contributed by atoms with Gasteiger partial charge in [-0.1, -0.05) is 34.6 Å². The average molecular weight is 301 g/mol. The van der Waals surface area contributed by atoms with Crippen LogP contribution in [-0.2, 0) is 0 Å². The summed E-state index contributed by atoms with van der Waals surface area (Å²) >= 11 is 0. The molecule has 0 spiro atoms. The van der Waals surface area contributed by atoms with E-state index in [1.165, 1.54) is 60.8 Å². The van der Waals surface area contributed by atoms with Crippen LogP contribution in [-0.4, -0.2) is 63.3 Å². The fourth-order valence-electron chi connectivity index (χ4n) is 3.88. The summed E-state index contributed by atoms with van der Waals surface area (Å²) in [5.41, 5.74) is 0.432. The molecular formula is C19H44N2+2. The van der Waals surface area contributed by atoms with Crippen LogP contribution in [0.3, 0.4) is 0 Å². The molecule has 0 saturated heterocycles. The Bertz CT molecular complexity index is 272. The average Bonchev–Trinajstić information content (AvgIpc) is 2.17. The summed E-state index contributed by atoms with van der Waals surface area (Å²) in [5, 5.41) is 0. The summed E-state index contributed by atoms with van der Waals surface area (Å²) in [6.45, 7) is 16.9. The molecule has 0 aromatic carbocycles. The van der Waals surface area contributed by atoms with Gasteiger partial charge in [-0.25, -0.2) is 0 Å². The molecule has 0 amide bonds. The third-order valence-electron chi connectivity index (χ3n) is 4.04. The molecule has 0 aliphatic rings. The van der Waals surface area contributed by atoms with Gasteiger partial charge in [-0.15, -0.1) is 0 Å². The first-order valence-corrected chi connectivity index (χ1v) is 8.97. The van der Waals surface area contributed by atoms with Crippen LogP contribution >= 0.6 is 0 Å². The second-order valence-corrected chi connectivity index (χ2v) is 10.0. The molecule has 2 nitrogen and oxygen atoms in total. The fraction of sp³-hybridized carbons (Fsp3) is 1.00. The van der Waals surface area contributed by atoms with Crippen molar-refractivity contribution in [3.05, 3.63) is 0 Å². The largest absolute Gasteiger partial charge is 0.328 e. The highest BCUT2D eigenvalue weighted by Crippen LogP contribution is 2.19. The van der Waals surface area contributed by atoms with Crippen molar-refractivity contribution in [1.29, 1.82) is 0 Å². The predicted molar refractivity (Wildman–Crippen MR) is 96.4 cm³/mol. The van der Waals surface area contributed by atoms with Gasteiger partial charge in [0, 0.05) is 11.3 Å². The SMILES string of the molecule is CC(C)C[N+](C)(C)CCCCCC[N+](C)(C)CC(C)(C)C. The fourth-order valence-corrected chi connectivity index (χ4v) is 3.88. The summed E-state index contributed by atoms with van der Waals surface area (Å²) in [5.74, 6) is 0.801. The Hall–Kier alpha value is -0.0800. The zero-order valence-electron chi connectivity index (χ0n) is 16.6. The van der Waals surface area contributed by atoms with Gasteiger partial charge in [-0.3, -0.25) is 0 Å². The van der Waals surface area contributed by atoms with Gasteiger partial charge in [0.2, 0.25) is 0 Å².